The maximum absolute atomic E-state index is 12.3. The SMILES string of the molecule is O=C(O)COc1cccc(C(=O)NC2CC(=O)N(C3CC3)C2)c1. The van der Waals surface area contributed by atoms with Crippen molar-refractivity contribution in [3.05, 3.63) is 29.8 Å². The van der Waals surface area contributed by atoms with Gasteiger partial charge in [-0.2, -0.15) is 0 Å². The van der Waals surface area contributed by atoms with E-state index in [1.54, 1.807) is 18.2 Å². The zero-order chi connectivity index (χ0) is 16.4. The van der Waals surface area contributed by atoms with E-state index in [1.165, 1.54) is 6.07 Å². The number of hydrogen-bond donors (Lipinski definition) is 2. The van der Waals surface area contributed by atoms with Crippen LogP contribution in [0.3, 0.4) is 0 Å². The van der Waals surface area contributed by atoms with Crippen molar-refractivity contribution < 1.29 is 24.2 Å². The molecule has 7 nitrogen and oxygen atoms in total. The summed E-state index contributed by atoms with van der Waals surface area (Å²) in [5.74, 6) is -0.954. The molecule has 0 aromatic heterocycles. The molecule has 0 spiro atoms. The topological polar surface area (TPSA) is 95.9 Å². The van der Waals surface area contributed by atoms with Gasteiger partial charge >= 0.3 is 5.97 Å². The van der Waals surface area contributed by atoms with Gasteiger partial charge in [-0.15, -0.1) is 0 Å². The summed E-state index contributed by atoms with van der Waals surface area (Å²) in [5, 5.41) is 11.5. The predicted octanol–water partition coefficient (Wildman–Crippen LogP) is 0.643. The maximum atomic E-state index is 12.3. The number of rotatable bonds is 6. The summed E-state index contributed by atoms with van der Waals surface area (Å²) in [6.07, 6.45) is 2.43. The van der Waals surface area contributed by atoms with Gasteiger partial charge in [-0.1, -0.05) is 6.07 Å². The highest BCUT2D eigenvalue weighted by Gasteiger charge is 2.39. The van der Waals surface area contributed by atoms with Crippen molar-refractivity contribution in [3.63, 3.8) is 0 Å². The van der Waals surface area contributed by atoms with E-state index >= 15 is 0 Å². The third-order valence-electron chi connectivity index (χ3n) is 3.94. The summed E-state index contributed by atoms with van der Waals surface area (Å²) in [6.45, 7) is 0.100. The monoisotopic (exact) mass is 318 g/mol. The van der Waals surface area contributed by atoms with Gasteiger partial charge in [-0.05, 0) is 31.0 Å². The molecule has 3 rings (SSSR count). The molecule has 1 aliphatic heterocycles. The molecule has 2 aliphatic rings. The highest BCUT2D eigenvalue weighted by atomic mass is 16.5. The van der Waals surface area contributed by atoms with Crippen molar-refractivity contribution >= 4 is 17.8 Å². The van der Waals surface area contributed by atoms with Crippen LogP contribution in [0, 0.1) is 0 Å². The number of carbonyl (C=O) groups excluding carboxylic acids is 2. The third-order valence-corrected chi connectivity index (χ3v) is 3.94. The molecule has 0 bridgehead atoms. The second-order valence-corrected chi connectivity index (χ2v) is 5.86. The van der Waals surface area contributed by atoms with E-state index in [-0.39, 0.29) is 17.9 Å². The van der Waals surface area contributed by atoms with E-state index < -0.39 is 12.6 Å². The molecular formula is C16H18N2O5. The van der Waals surface area contributed by atoms with Gasteiger partial charge in [0.15, 0.2) is 6.61 Å². The second kappa shape index (κ2) is 6.28. The van der Waals surface area contributed by atoms with E-state index in [0.717, 1.165) is 12.8 Å². The van der Waals surface area contributed by atoms with Crippen molar-refractivity contribution in [1.82, 2.24) is 10.2 Å². The van der Waals surface area contributed by atoms with Crippen LogP contribution in [-0.4, -0.2) is 53.0 Å². The largest absolute Gasteiger partial charge is 0.482 e. The number of likely N-dealkylation sites (tertiary alicyclic amines) is 1. The normalized spacial score (nSPS) is 20.4. The Kier molecular flexibility index (Phi) is 4.18. The average molecular weight is 318 g/mol. The molecule has 1 atom stereocenters. The molecule has 2 N–H and O–H groups in total. The number of nitrogens with one attached hydrogen (secondary N) is 1. The molecule has 122 valence electrons. The first-order chi connectivity index (χ1) is 11.0. The van der Waals surface area contributed by atoms with Gasteiger partial charge in [-0.25, -0.2) is 4.79 Å². The van der Waals surface area contributed by atoms with Gasteiger partial charge in [-0.3, -0.25) is 9.59 Å². The number of nitrogens with zero attached hydrogens (tertiary/aromatic N) is 1. The first-order valence-electron chi connectivity index (χ1n) is 7.58. The summed E-state index contributed by atoms with van der Waals surface area (Å²) in [7, 11) is 0. The van der Waals surface area contributed by atoms with Crippen LogP contribution in [0.25, 0.3) is 0 Å². The third kappa shape index (κ3) is 3.80. The number of carbonyl (C=O) groups is 3. The van der Waals surface area contributed by atoms with E-state index in [9.17, 15) is 14.4 Å². The van der Waals surface area contributed by atoms with Crippen LogP contribution in [0.15, 0.2) is 24.3 Å². The summed E-state index contributed by atoms with van der Waals surface area (Å²) < 4.78 is 5.06. The molecule has 2 fully saturated rings. The summed E-state index contributed by atoms with van der Waals surface area (Å²) in [6, 6.07) is 6.51. The van der Waals surface area contributed by atoms with Crippen molar-refractivity contribution in [1.29, 1.82) is 0 Å². The molecule has 1 aliphatic carbocycles. The van der Waals surface area contributed by atoms with Gasteiger partial charge in [0.1, 0.15) is 5.75 Å². The highest BCUT2D eigenvalue weighted by Crippen LogP contribution is 2.30. The van der Waals surface area contributed by atoms with Gasteiger partial charge < -0.3 is 20.1 Å². The van der Waals surface area contributed by atoms with Crippen molar-refractivity contribution in [3.8, 4) is 5.75 Å². The molecule has 2 amide bonds. The fourth-order valence-corrected chi connectivity index (χ4v) is 2.71. The van der Waals surface area contributed by atoms with Crippen LogP contribution in [0.4, 0.5) is 0 Å². The molecule has 1 saturated heterocycles. The van der Waals surface area contributed by atoms with E-state index in [4.69, 9.17) is 9.84 Å². The molecule has 1 heterocycles. The minimum absolute atomic E-state index is 0.0938. The number of amides is 2. The van der Waals surface area contributed by atoms with Crippen LogP contribution >= 0.6 is 0 Å². The Labute approximate surface area is 133 Å². The van der Waals surface area contributed by atoms with Crippen molar-refractivity contribution in [2.24, 2.45) is 0 Å². The number of carboxylic acid groups (broad SMARTS) is 1. The number of aliphatic carboxylic acids is 1. The van der Waals surface area contributed by atoms with E-state index in [0.29, 0.717) is 30.3 Å². The number of carboxylic acids is 1. The lowest BCUT2D eigenvalue weighted by Gasteiger charge is -2.16. The first kappa shape index (κ1) is 15.3. The van der Waals surface area contributed by atoms with Crippen LogP contribution in [0.1, 0.15) is 29.6 Å². The van der Waals surface area contributed by atoms with Gasteiger partial charge in [0.25, 0.3) is 5.91 Å². The highest BCUT2D eigenvalue weighted by molar-refractivity contribution is 5.95. The van der Waals surface area contributed by atoms with E-state index in [1.807, 2.05) is 4.90 Å². The standard InChI is InChI=1S/C16H18N2O5/c19-14-7-11(8-18(14)12-4-5-12)17-16(22)10-2-1-3-13(6-10)23-9-15(20)21/h1-3,6,11-12H,4-5,7-9H2,(H,17,22)(H,20,21). The van der Waals surface area contributed by atoms with Crippen molar-refractivity contribution in [2.75, 3.05) is 13.2 Å². The molecular weight excluding hydrogens is 300 g/mol. The predicted molar refractivity (Wildman–Crippen MR) is 80.2 cm³/mol. The summed E-state index contributed by atoms with van der Waals surface area (Å²) >= 11 is 0. The van der Waals surface area contributed by atoms with Crippen LogP contribution in [0.5, 0.6) is 5.75 Å². The fourth-order valence-electron chi connectivity index (χ4n) is 2.71. The lowest BCUT2D eigenvalue weighted by Crippen LogP contribution is -2.37. The molecule has 1 aromatic rings. The zero-order valence-corrected chi connectivity index (χ0v) is 12.5. The molecule has 1 unspecified atom stereocenters. The van der Waals surface area contributed by atoms with Crippen LogP contribution in [0.2, 0.25) is 0 Å². The lowest BCUT2D eigenvalue weighted by molar-refractivity contribution is -0.139. The van der Waals surface area contributed by atoms with Gasteiger partial charge in [0.2, 0.25) is 5.91 Å². The molecule has 1 aromatic carbocycles. The molecule has 0 radical (unpaired) electrons. The summed E-state index contributed by atoms with van der Waals surface area (Å²) in [4.78, 5) is 36.5. The smallest absolute Gasteiger partial charge is 0.341 e. The zero-order valence-electron chi connectivity index (χ0n) is 12.5. The number of ether oxygens (including phenoxy) is 1. The first-order valence-corrected chi connectivity index (χ1v) is 7.58. The fraction of sp³-hybridized carbons (Fsp3) is 0.438. The average Bonchev–Trinajstić information content (AvgIpc) is 3.29. The Morgan fingerprint density at radius 1 is 1.35 bits per heavy atom. The van der Waals surface area contributed by atoms with Crippen molar-refractivity contribution in [2.45, 2.75) is 31.3 Å². The molecule has 23 heavy (non-hydrogen) atoms. The van der Waals surface area contributed by atoms with Crippen LogP contribution < -0.4 is 10.1 Å². The molecule has 7 heteroatoms. The second-order valence-electron chi connectivity index (χ2n) is 5.86. The van der Waals surface area contributed by atoms with Crippen LogP contribution in [-0.2, 0) is 9.59 Å². The Hall–Kier alpha value is -2.57. The van der Waals surface area contributed by atoms with E-state index in [2.05, 4.69) is 5.32 Å². The maximum Gasteiger partial charge on any atom is 0.341 e. The number of benzene rings is 1. The minimum atomic E-state index is -1.08. The Bertz CT molecular complexity index is 641. The summed E-state index contributed by atoms with van der Waals surface area (Å²) in [5.41, 5.74) is 0.380. The minimum Gasteiger partial charge on any atom is -0.482 e. The van der Waals surface area contributed by atoms with Gasteiger partial charge in [0.05, 0.1) is 6.04 Å². The van der Waals surface area contributed by atoms with Gasteiger partial charge in [0, 0.05) is 24.6 Å². The number of hydrogen-bond acceptors (Lipinski definition) is 4. The Morgan fingerprint density at radius 3 is 2.83 bits per heavy atom. The Balaban J connectivity index is 1.58. The molecule has 1 saturated carbocycles. The Morgan fingerprint density at radius 2 is 2.13 bits per heavy atom. The lowest BCUT2D eigenvalue weighted by atomic mass is 10.1. The quantitative estimate of drug-likeness (QED) is 0.802.